The third-order valence-electron chi connectivity index (χ3n) is 3.48. The highest BCUT2D eigenvalue weighted by atomic mass is 16.1. The lowest BCUT2D eigenvalue weighted by atomic mass is 9.77. The minimum atomic E-state index is -0.360. The molecule has 0 aromatic heterocycles. The summed E-state index contributed by atoms with van der Waals surface area (Å²) >= 11 is 0. The molecule has 1 aromatic carbocycles. The largest absolute Gasteiger partial charge is 0.294 e. The number of carbonyl (C=O) groups is 1. The zero-order valence-corrected chi connectivity index (χ0v) is 9.62. The van der Waals surface area contributed by atoms with E-state index in [9.17, 15) is 4.79 Å². The molecule has 1 aliphatic carbocycles. The van der Waals surface area contributed by atoms with Crippen LogP contribution in [-0.4, -0.2) is 5.78 Å². The summed E-state index contributed by atoms with van der Waals surface area (Å²) in [5.74, 6) is 2.87. The van der Waals surface area contributed by atoms with E-state index in [-0.39, 0.29) is 11.2 Å². The zero-order valence-electron chi connectivity index (χ0n) is 9.62. The van der Waals surface area contributed by atoms with Gasteiger partial charge in [-0.05, 0) is 24.8 Å². The Morgan fingerprint density at radius 1 is 1.44 bits per heavy atom. The SMILES string of the molecule is C#CC[C@]1(C)CCCc2ccccc2C1=O. The molecule has 82 valence electrons. The van der Waals surface area contributed by atoms with Crippen LogP contribution in [-0.2, 0) is 6.42 Å². The maximum Gasteiger partial charge on any atom is 0.169 e. The fraction of sp³-hybridized carbons (Fsp3) is 0.400. The molecular weight excluding hydrogens is 196 g/mol. The number of ketones is 1. The van der Waals surface area contributed by atoms with Crippen molar-refractivity contribution in [3.63, 3.8) is 0 Å². The molecule has 16 heavy (non-hydrogen) atoms. The molecule has 0 heterocycles. The number of aryl methyl sites for hydroxylation is 1. The van der Waals surface area contributed by atoms with Crippen molar-refractivity contribution in [2.75, 3.05) is 0 Å². The number of benzene rings is 1. The predicted molar refractivity (Wildman–Crippen MR) is 65.3 cm³/mol. The lowest BCUT2D eigenvalue weighted by Crippen LogP contribution is -2.26. The van der Waals surface area contributed by atoms with E-state index in [4.69, 9.17) is 6.42 Å². The molecule has 1 aliphatic rings. The summed E-state index contributed by atoms with van der Waals surface area (Å²) in [5.41, 5.74) is 1.69. The van der Waals surface area contributed by atoms with Gasteiger partial charge in [0.1, 0.15) is 0 Å². The Labute approximate surface area is 96.9 Å². The van der Waals surface area contributed by atoms with E-state index in [0.717, 1.165) is 24.8 Å². The Morgan fingerprint density at radius 3 is 2.94 bits per heavy atom. The van der Waals surface area contributed by atoms with E-state index in [1.54, 1.807) is 0 Å². The van der Waals surface area contributed by atoms with Gasteiger partial charge in [-0.3, -0.25) is 4.79 Å². The number of terminal acetylenes is 1. The maximum atomic E-state index is 12.5. The molecule has 1 nitrogen and oxygen atoms in total. The average Bonchev–Trinajstić information content (AvgIpc) is 2.40. The van der Waals surface area contributed by atoms with Crippen molar-refractivity contribution < 1.29 is 4.79 Å². The molecule has 0 N–H and O–H groups in total. The van der Waals surface area contributed by atoms with Crippen molar-refractivity contribution in [3.8, 4) is 12.3 Å². The van der Waals surface area contributed by atoms with Gasteiger partial charge in [0.05, 0.1) is 0 Å². The Morgan fingerprint density at radius 2 is 2.19 bits per heavy atom. The monoisotopic (exact) mass is 212 g/mol. The highest BCUT2D eigenvalue weighted by Crippen LogP contribution is 2.36. The van der Waals surface area contributed by atoms with Gasteiger partial charge in [-0.2, -0.15) is 0 Å². The molecular formula is C15H16O. The quantitative estimate of drug-likeness (QED) is 0.516. The average molecular weight is 212 g/mol. The fourth-order valence-electron chi connectivity index (χ4n) is 2.46. The summed E-state index contributed by atoms with van der Waals surface area (Å²) in [6.45, 7) is 2.00. The van der Waals surface area contributed by atoms with Crippen LogP contribution in [0.2, 0.25) is 0 Å². The van der Waals surface area contributed by atoms with Crippen LogP contribution in [0.5, 0.6) is 0 Å². The van der Waals surface area contributed by atoms with Crippen LogP contribution in [0.3, 0.4) is 0 Å². The molecule has 0 amide bonds. The second-order valence-electron chi connectivity index (χ2n) is 4.78. The number of fused-ring (bicyclic) bond motifs is 1. The maximum absolute atomic E-state index is 12.5. The molecule has 1 atom stereocenters. The number of hydrogen-bond acceptors (Lipinski definition) is 1. The first-order valence-electron chi connectivity index (χ1n) is 5.73. The lowest BCUT2D eigenvalue weighted by molar-refractivity contribution is 0.0812. The molecule has 0 unspecified atom stereocenters. The number of hydrogen-bond donors (Lipinski definition) is 0. The van der Waals surface area contributed by atoms with Gasteiger partial charge >= 0.3 is 0 Å². The van der Waals surface area contributed by atoms with Crippen molar-refractivity contribution in [2.24, 2.45) is 5.41 Å². The first kappa shape index (κ1) is 11.0. The summed E-state index contributed by atoms with van der Waals surface area (Å²) in [5, 5.41) is 0. The Balaban J connectivity index is 2.45. The summed E-state index contributed by atoms with van der Waals surface area (Å²) in [7, 11) is 0. The van der Waals surface area contributed by atoms with Crippen molar-refractivity contribution in [1.82, 2.24) is 0 Å². The second-order valence-corrected chi connectivity index (χ2v) is 4.78. The van der Waals surface area contributed by atoms with Crippen LogP contribution in [0.1, 0.15) is 42.1 Å². The molecule has 1 heteroatoms. The molecule has 0 radical (unpaired) electrons. The topological polar surface area (TPSA) is 17.1 Å². The third-order valence-corrected chi connectivity index (χ3v) is 3.48. The van der Waals surface area contributed by atoms with Crippen molar-refractivity contribution in [2.45, 2.75) is 32.6 Å². The molecule has 0 spiro atoms. The number of Topliss-reactive ketones (excluding diaryl/α,β-unsaturated/α-hetero) is 1. The first-order chi connectivity index (χ1) is 7.67. The van der Waals surface area contributed by atoms with Crippen LogP contribution < -0.4 is 0 Å². The van der Waals surface area contributed by atoms with Crippen LogP contribution >= 0.6 is 0 Å². The van der Waals surface area contributed by atoms with Gasteiger partial charge in [0.2, 0.25) is 0 Å². The van der Waals surface area contributed by atoms with Gasteiger partial charge in [-0.15, -0.1) is 12.3 Å². The molecule has 0 fully saturated rings. The van der Waals surface area contributed by atoms with E-state index in [2.05, 4.69) is 12.0 Å². The second kappa shape index (κ2) is 4.14. The normalized spacial score (nSPS) is 24.4. The molecule has 0 saturated carbocycles. The summed E-state index contributed by atoms with van der Waals surface area (Å²) in [6.07, 6.45) is 8.84. The van der Waals surface area contributed by atoms with Crippen LogP contribution in [0.4, 0.5) is 0 Å². The minimum absolute atomic E-state index is 0.221. The van der Waals surface area contributed by atoms with Crippen molar-refractivity contribution in [1.29, 1.82) is 0 Å². The predicted octanol–water partition coefficient (Wildman–Crippen LogP) is 3.24. The van der Waals surface area contributed by atoms with E-state index in [1.807, 2.05) is 25.1 Å². The van der Waals surface area contributed by atoms with Gasteiger partial charge in [-0.25, -0.2) is 0 Å². The van der Waals surface area contributed by atoms with Crippen molar-refractivity contribution in [3.05, 3.63) is 35.4 Å². The van der Waals surface area contributed by atoms with Gasteiger partial charge in [-0.1, -0.05) is 31.2 Å². The Bertz CT molecular complexity index is 453. The van der Waals surface area contributed by atoms with Gasteiger partial charge in [0.25, 0.3) is 0 Å². The smallest absolute Gasteiger partial charge is 0.169 e. The highest BCUT2D eigenvalue weighted by molar-refractivity contribution is 6.02. The summed E-state index contributed by atoms with van der Waals surface area (Å²) in [6, 6.07) is 7.90. The summed E-state index contributed by atoms with van der Waals surface area (Å²) < 4.78 is 0. The van der Waals surface area contributed by atoms with Crippen molar-refractivity contribution >= 4 is 5.78 Å². The van der Waals surface area contributed by atoms with Gasteiger partial charge in [0.15, 0.2) is 5.78 Å². The standard InChI is InChI=1S/C15H16O/c1-3-10-15(2)11-6-8-12-7-4-5-9-13(12)14(15)16/h1,4-5,7,9H,6,8,10-11H2,2H3/t15-/m1/s1. The van der Waals surface area contributed by atoms with Crippen LogP contribution in [0, 0.1) is 17.8 Å². The third kappa shape index (κ3) is 1.76. The van der Waals surface area contributed by atoms with E-state index < -0.39 is 0 Å². The number of rotatable bonds is 1. The van der Waals surface area contributed by atoms with Crippen LogP contribution in [0.15, 0.2) is 24.3 Å². The van der Waals surface area contributed by atoms with E-state index >= 15 is 0 Å². The first-order valence-corrected chi connectivity index (χ1v) is 5.73. The highest BCUT2D eigenvalue weighted by Gasteiger charge is 2.35. The van der Waals surface area contributed by atoms with Crippen LogP contribution in [0.25, 0.3) is 0 Å². The fourth-order valence-corrected chi connectivity index (χ4v) is 2.46. The zero-order chi connectivity index (χ0) is 11.6. The molecule has 1 aromatic rings. The minimum Gasteiger partial charge on any atom is -0.294 e. The molecule has 0 bridgehead atoms. The summed E-state index contributed by atoms with van der Waals surface area (Å²) in [4.78, 5) is 12.5. The number of carbonyl (C=O) groups excluding carboxylic acids is 1. The van der Waals surface area contributed by atoms with E-state index in [1.165, 1.54) is 5.56 Å². The Kier molecular flexibility index (Phi) is 2.83. The van der Waals surface area contributed by atoms with Gasteiger partial charge in [0, 0.05) is 17.4 Å². The van der Waals surface area contributed by atoms with E-state index in [0.29, 0.717) is 6.42 Å². The molecule has 0 saturated heterocycles. The van der Waals surface area contributed by atoms with Gasteiger partial charge < -0.3 is 0 Å². The Hall–Kier alpha value is -1.55. The molecule has 2 rings (SSSR count). The molecule has 0 aliphatic heterocycles. The lowest BCUT2D eigenvalue weighted by Gasteiger charge is -2.24.